The van der Waals surface area contributed by atoms with Crippen LogP contribution in [0.25, 0.3) is 11.1 Å². The van der Waals surface area contributed by atoms with E-state index in [1.54, 1.807) is 6.26 Å². The Hall–Kier alpha value is -1.55. The molecule has 1 unspecified atom stereocenters. The van der Waals surface area contributed by atoms with Gasteiger partial charge in [-0.25, -0.2) is 0 Å². The minimum absolute atomic E-state index is 0.0470. The zero-order valence-electron chi connectivity index (χ0n) is 9.78. The predicted molar refractivity (Wildman–Crippen MR) is 60.9 cm³/mol. The zero-order chi connectivity index (χ0) is 11.7. The smallest absolute Gasteiger partial charge is 0.141 e. The highest BCUT2D eigenvalue weighted by Gasteiger charge is 2.16. The SMILES string of the molecule is CCC(N)c1cc(-c2c(C)noc2C)co1. The molecule has 1 atom stereocenters. The van der Waals surface area contributed by atoms with Crippen molar-refractivity contribution in [2.45, 2.75) is 33.2 Å². The summed E-state index contributed by atoms with van der Waals surface area (Å²) < 4.78 is 10.6. The van der Waals surface area contributed by atoms with Gasteiger partial charge in [0, 0.05) is 5.56 Å². The minimum Gasteiger partial charge on any atom is -0.467 e. The monoisotopic (exact) mass is 220 g/mol. The Morgan fingerprint density at radius 3 is 2.75 bits per heavy atom. The van der Waals surface area contributed by atoms with Crippen molar-refractivity contribution in [2.75, 3.05) is 0 Å². The molecular formula is C12H16N2O2. The van der Waals surface area contributed by atoms with Crippen LogP contribution in [0.1, 0.15) is 36.6 Å². The molecular weight excluding hydrogens is 204 g/mol. The number of nitrogens with two attached hydrogens (primary N) is 1. The van der Waals surface area contributed by atoms with Crippen LogP contribution in [-0.4, -0.2) is 5.16 Å². The highest BCUT2D eigenvalue weighted by atomic mass is 16.5. The van der Waals surface area contributed by atoms with Crippen molar-refractivity contribution in [3.63, 3.8) is 0 Å². The van der Waals surface area contributed by atoms with Crippen LogP contribution < -0.4 is 5.73 Å². The van der Waals surface area contributed by atoms with Crippen LogP contribution in [0.2, 0.25) is 0 Å². The Kier molecular flexibility index (Phi) is 2.83. The number of furan rings is 1. The topological polar surface area (TPSA) is 65.2 Å². The van der Waals surface area contributed by atoms with Gasteiger partial charge >= 0.3 is 0 Å². The molecule has 4 heteroatoms. The van der Waals surface area contributed by atoms with Crippen LogP contribution in [0.5, 0.6) is 0 Å². The van der Waals surface area contributed by atoms with E-state index in [-0.39, 0.29) is 6.04 Å². The van der Waals surface area contributed by atoms with E-state index in [1.807, 2.05) is 26.8 Å². The first-order valence-corrected chi connectivity index (χ1v) is 5.40. The highest BCUT2D eigenvalue weighted by molar-refractivity contribution is 5.67. The number of aromatic nitrogens is 1. The second kappa shape index (κ2) is 4.14. The standard InChI is InChI=1S/C12H16N2O2/c1-4-10(13)11-5-9(6-15-11)12-7(2)14-16-8(12)3/h5-6,10H,4,13H2,1-3H3. The molecule has 0 saturated carbocycles. The van der Waals surface area contributed by atoms with E-state index < -0.39 is 0 Å². The van der Waals surface area contributed by atoms with Crippen LogP contribution in [0, 0.1) is 13.8 Å². The molecule has 0 amide bonds. The molecule has 4 nitrogen and oxygen atoms in total. The molecule has 2 heterocycles. The van der Waals surface area contributed by atoms with E-state index in [9.17, 15) is 0 Å². The third kappa shape index (κ3) is 1.76. The summed E-state index contributed by atoms with van der Waals surface area (Å²) >= 11 is 0. The third-order valence-corrected chi connectivity index (χ3v) is 2.75. The van der Waals surface area contributed by atoms with Crippen LogP contribution in [-0.2, 0) is 0 Å². The van der Waals surface area contributed by atoms with Gasteiger partial charge in [0.2, 0.25) is 0 Å². The van der Waals surface area contributed by atoms with Crippen LogP contribution in [0.3, 0.4) is 0 Å². The summed E-state index contributed by atoms with van der Waals surface area (Å²) in [5.74, 6) is 1.60. The van der Waals surface area contributed by atoms with Crippen molar-refractivity contribution < 1.29 is 8.94 Å². The number of aryl methyl sites for hydroxylation is 2. The van der Waals surface area contributed by atoms with E-state index in [0.717, 1.165) is 34.8 Å². The Bertz CT molecular complexity index is 465. The number of hydrogen-bond donors (Lipinski definition) is 1. The first-order valence-electron chi connectivity index (χ1n) is 5.40. The number of nitrogens with zero attached hydrogens (tertiary/aromatic N) is 1. The molecule has 0 radical (unpaired) electrons. The van der Waals surface area contributed by atoms with E-state index in [2.05, 4.69) is 5.16 Å². The summed E-state index contributed by atoms with van der Waals surface area (Å²) in [6.07, 6.45) is 2.56. The number of rotatable bonds is 3. The normalized spacial score (nSPS) is 13.0. The molecule has 86 valence electrons. The van der Waals surface area contributed by atoms with Gasteiger partial charge in [0.25, 0.3) is 0 Å². The quantitative estimate of drug-likeness (QED) is 0.863. The molecule has 0 aliphatic carbocycles. The molecule has 0 aliphatic heterocycles. The Labute approximate surface area is 94.4 Å². The summed E-state index contributed by atoms with van der Waals surface area (Å²) in [4.78, 5) is 0. The summed E-state index contributed by atoms with van der Waals surface area (Å²) in [6, 6.07) is 1.91. The van der Waals surface area contributed by atoms with Gasteiger partial charge in [0.05, 0.1) is 23.6 Å². The third-order valence-electron chi connectivity index (χ3n) is 2.75. The lowest BCUT2D eigenvalue weighted by Crippen LogP contribution is -2.06. The molecule has 0 bridgehead atoms. The lowest BCUT2D eigenvalue weighted by molar-refractivity contribution is 0.393. The first-order chi connectivity index (χ1) is 7.63. The van der Waals surface area contributed by atoms with Crippen molar-refractivity contribution >= 4 is 0 Å². The maximum atomic E-state index is 5.90. The summed E-state index contributed by atoms with van der Waals surface area (Å²) in [7, 11) is 0. The molecule has 2 aromatic heterocycles. The molecule has 0 spiro atoms. The average molecular weight is 220 g/mol. The second-order valence-electron chi connectivity index (χ2n) is 3.95. The van der Waals surface area contributed by atoms with Gasteiger partial charge in [-0.1, -0.05) is 12.1 Å². The fourth-order valence-corrected chi connectivity index (χ4v) is 1.77. The molecule has 2 rings (SSSR count). The summed E-state index contributed by atoms with van der Waals surface area (Å²) in [6.45, 7) is 5.84. The van der Waals surface area contributed by atoms with Crippen molar-refractivity contribution in [1.29, 1.82) is 0 Å². The van der Waals surface area contributed by atoms with Gasteiger partial charge in [-0.3, -0.25) is 0 Å². The van der Waals surface area contributed by atoms with Crippen LogP contribution in [0.4, 0.5) is 0 Å². The van der Waals surface area contributed by atoms with Gasteiger partial charge in [-0.05, 0) is 26.3 Å². The van der Waals surface area contributed by atoms with Crippen molar-refractivity contribution in [3.05, 3.63) is 29.5 Å². The maximum Gasteiger partial charge on any atom is 0.141 e. The molecule has 0 fully saturated rings. The summed E-state index contributed by atoms with van der Waals surface area (Å²) in [5.41, 5.74) is 8.75. The van der Waals surface area contributed by atoms with Crippen molar-refractivity contribution in [3.8, 4) is 11.1 Å². The molecule has 2 aromatic rings. The van der Waals surface area contributed by atoms with Crippen molar-refractivity contribution in [1.82, 2.24) is 5.16 Å². The summed E-state index contributed by atoms with van der Waals surface area (Å²) in [5, 5.41) is 3.92. The van der Waals surface area contributed by atoms with Crippen LogP contribution in [0.15, 0.2) is 21.3 Å². The first kappa shape index (κ1) is 11.0. The number of hydrogen-bond acceptors (Lipinski definition) is 4. The minimum atomic E-state index is -0.0470. The average Bonchev–Trinajstić information content (AvgIpc) is 2.85. The highest BCUT2D eigenvalue weighted by Crippen LogP contribution is 2.30. The van der Waals surface area contributed by atoms with Gasteiger partial charge in [-0.15, -0.1) is 0 Å². The fraction of sp³-hybridized carbons (Fsp3) is 0.417. The molecule has 0 saturated heterocycles. The van der Waals surface area contributed by atoms with E-state index in [0.29, 0.717) is 0 Å². The maximum absolute atomic E-state index is 5.90. The predicted octanol–water partition coefficient (Wildman–Crippen LogP) is 2.96. The van der Waals surface area contributed by atoms with Gasteiger partial charge in [0.15, 0.2) is 0 Å². The van der Waals surface area contributed by atoms with E-state index in [1.165, 1.54) is 0 Å². The van der Waals surface area contributed by atoms with E-state index in [4.69, 9.17) is 14.7 Å². The molecule has 16 heavy (non-hydrogen) atoms. The second-order valence-corrected chi connectivity index (χ2v) is 3.95. The van der Waals surface area contributed by atoms with Gasteiger partial charge in [-0.2, -0.15) is 0 Å². The Balaban J connectivity index is 2.39. The largest absolute Gasteiger partial charge is 0.467 e. The zero-order valence-corrected chi connectivity index (χ0v) is 9.78. The molecule has 0 aliphatic rings. The molecule has 2 N–H and O–H groups in total. The van der Waals surface area contributed by atoms with Crippen molar-refractivity contribution in [2.24, 2.45) is 5.73 Å². The van der Waals surface area contributed by atoms with Crippen LogP contribution >= 0.6 is 0 Å². The van der Waals surface area contributed by atoms with Gasteiger partial charge < -0.3 is 14.7 Å². The lowest BCUT2D eigenvalue weighted by Gasteiger charge is -2.02. The Morgan fingerprint density at radius 1 is 1.44 bits per heavy atom. The Morgan fingerprint density at radius 2 is 2.19 bits per heavy atom. The van der Waals surface area contributed by atoms with E-state index >= 15 is 0 Å². The lowest BCUT2D eigenvalue weighted by atomic mass is 10.1. The fourth-order valence-electron chi connectivity index (χ4n) is 1.77. The van der Waals surface area contributed by atoms with Gasteiger partial charge in [0.1, 0.15) is 11.5 Å². The molecule has 0 aromatic carbocycles.